The fourth-order valence-electron chi connectivity index (χ4n) is 0.783. The predicted octanol–water partition coefficient (Wildman–Crippen LogP) is 2.83. The highest BCUT2D eigenvalue weighted by Crippen LogP contribution is 2.39. The summed E-state index contributed by atoms with van der Waals surface area (Å²) in [6.07, 6.45) is 0. The molecule has 10 heavy (non-hydrogen) atoms. The molecular weight excluding hydrogens is 182 g/mol. The highest BCUT2D eigenvalue weighted by molar-refractivity contribution is 7.83. The van der Waals surface area contributed by atoms with Crippen LogP contribution in [0.15, 0.2) is 17.0 Å². The largest absolute Gasteiger partial charge is 0.398 e. The molecule has 0 atom stereocenters. The number of benzene rings is 1. The molecule has 52 valence electrons. The zero-order valence-corrected chi connectivity index (χ0v) is 7.52. The number of fused-ring (bicyclic) bond motifs is 1. The molecule has 0 saturated carbocycles. The molecule has 1 aromatic heterocycles. The SMILES string of the molecule is Nc1ccc(S)c2ssc12. The summed E-state index contributed by atoms with van der Waals surface area (Å²) in [5.74, 6) is 0. The summed E-state index contributed by atoms with van der Waals surface area (Å²) >= 11 is 4.28. The van der Waals surface area contributed by atoms with Gasteiger partial charge < -0.3 is 5.73 Å². The first-order valence-electron chi connectivity index (χ1n) is 2.75. The zero-order valence-electron chi connectivity index (χ0n) is 5.00. The van der Waals surface area contributed by atoms with Crippen molar-refractivity contribution in [3.05, 3.63) is 12.1 Å². The maximum absolute atomic E-state index is 5.67. The maximum Gasteiger partial charge on any atom is 0.0798 e. The van der Waals surface area contributed by atoms with Gasteiger partial charge in [0.25, 0.3) is 0 Å². The summed E-state index contributed by atoms with van der Waals surface area (Å²) in [6.45, 7) is 0. The Morgan fingerprint density at radius 1 is 1.20 bits per heavy atom. The van der Waals surface area contributed by atoms with Crippen LogP contribution in [-0.2, 0) is 0 Å². The van der Waals surface area contributed by atoms with Gasteiger partial charge in [0.2, 0.25) is 0 Å². The summed E-state index contributed by atoms with van der Waals surface area (Å²) in [7, 11) is 3.45. The molecule has 1 nitrogen and oxygen atoms in total. The lowest BCUT2D eigenvalue weighted by atomic mass is 10.3. The molecule has 0 radical (unpaired) electrons. The smallest absolute Gasteiger partial charge is 0.0798 e. The summed E-state index contributed by atoms with van der Waals surface area (Å²) < 4.78 is 2.42. The summed E-state index contributed by atoms with van der Waals surface area (Å²) in [5.41, 5.74) is 6.54. The van der Waals surface area contributed by atoms with E-state index < -0.39 is 0 Å². The minimum absolute atomic E-state index is 0.872. The molecular formula is C6H5NS3. The molecule has 2 aromatic rings. The lowest BCUT2D eigenvalue weighted by molar-refractivity contribution is 1.61. The normalized spacial score (nSPS) is 10.9. The van der Waals surface area contributed by atoms with E-state index in [1.807, 2.05) is 12.1 Å². The minimum atomic E-state index is 0.872. The average Bonchev–Trinajstić information content (AvgIpc) is 1.78. The van der Waals surface area contributed by atoms with Gasteiger partial charge in [0.1, 0.15) is 0 Å². The fraction of sp³-hybridized carbons (Fsp3) is 0. The number of anilines is 1. The van der Waals surface area contributed by atoms with E-state index in [1.54, 1.807) is 20.7 Å². The molecule has 0 bridgehead atoms. The van der Waals surface area contributed by atoms with E-state index in [9.17, 15) is 0 Å². The summed E-state index contributed by atoms with van der Waals surface area (Å²) in [5, 5.41) is 0. The maximum atomic E-state index is 5.67. The molecule has 0 spiro atoms. The standard InChI is InChI=1S/C6H5NS3/c7-3-1-2-4(8)6-5(3)9-10-6/h1-2,8H,7H2. The fourth-order valence-corrected chi connectivity index (χ4v) is 3.47. The Hall–Kier alpha value is -0.190. The summed E-state index contributed by atoms with van der Waals surface area (Å²) in [4.78, 5) is 1.04. The van der Waals surface area contributed by atoms with Gasteiger partial charge in [0.05, 0.1) is 15.1 Å². The van der Waals surface area contributed by atoms with Gasteiger partial charge in [-0.15, -0.1) is 12.6 Å². The van der Waals surface area contributed by atoms with E-state index in [1.165, 1.54) is 9.40 Å². The first kappa shape index (κ1) is 6.52. The van der Waals surface area contributed by atoms with Gasteiger partial charge >= 0.3 is 0 Å². The molecule has 0 aliphatic rings. The number of hydrogen-bond acceptors (Lipinski definition) is 4. The van der Waals surface area contributed by atoms with Crippen molar-refractivity contribution in [1.29, 1.82) is 0 Å². The molecule has 0 aliphatic heterocycles. The Morgan fingerprint density at radius 3 is 2.40 bits per heavy atom. The number of hydrogen-bond donors (Lipinski definition) is 2. The quantitative estimate of drug-likeness (QED) is 0.370. The molecule has 0 unspecified atom stereocenters. The Labute approximate surface area is 71.3 Å². The van der Waals surface area contributed by atoms with Crippen molar-refractivity contribution in [2.75, 3.05) is 5.73 Å². The van der Waals surface area contributed by atoms with Crippen LogP contribution in [0.3, 0.4) is 0 Å². The molecule has 2 rings (SSSR count). The van der Waals surface area contributed by atoms with Crippen molar-refractivity contribution in [1.82, 2.24) is 0 Å². The van der Waals surface area contributed by atoms with Crippen LogP contribution in [0.25, 0.3) is 9.40 Å². The third-order valence-corrected chi connectivity index (χ3v) is 4.51. The van der Waals surface area contributed by atoms with Crippen LogP contribution in [0, 0.1) is 0 Å². The van der Waals surface area contributed by atoms with Crippen molar-refractivity contribution >= 4 is 48.4 Å². The lowest BCUT2D eigenvalue weighted by Gasteiger charge is -2.03. The first-order valence-corrected chi connectivity index (χ1v) is 5.34. The van der Waals surface area contributed by atoms with Crippen LogP contribution in [0.1, 0.15) is 0 Å². The monoisotopic (exact) mass is 187 g/mol. The zero-order chi connectivity index (χ0) is 7.14. The van der Waals surface area contributed by atoms with Crippen LogP contribution in [0.5, 0.6) is 0 Å². The molecule has 4 heteroatoms. The van der Waals surface area contributed by atoms with Crippen molar-refractivity contribution in [2.45, 2.75) is 4.90 Å². The minimum Gasteiger partial charge on any atom is -0.398 e. The summed E-state index contributed by atoms with van der Waals surface area (Å²) in [6, 6.07) is 3.83. The highest BCUT2D eigenvalue weighted by Gasteiger charge is 2.05. The van der Waals surface area contributed by atoms with Gasteiger partial charge in [0.15, 0.2) is 0 Å². The van der Waals surface area contributed by atoms with Crippen LogP contribution in [-0.4, -0.2) is 0 Å². The lowest BCUT2D eigenvalue weighted by Crippen LogP contribution is -1.85. The van der Waals surface area contributed by atoms with E-state index in [0.29, 0.717) is 0 Å². The highest BCUT2D eigenvalue weighted by atomic mass is 32.9. The number of thiol groups is 1. The molecule has 1 heterocycles. The van der Waals surface area contributed by atoms with E-state index in [2.05, 4.69) is 12.6 Å². The molecule has 1 aromatic carbocycles. The van der Waals surface area contributed by atoms with Gasteiger partial charge in [-0.2, -0.15) is 0 Å². The van der Waals surface area contributed by atoms with E-state index in [4.69, 9.17) is 5.73 Å². The number of nitrogens with two attached hydrogens (primary N) is 1. The van der Waals surface area contributed by atoms with Crippen molar-refractivity contribution in [2.24, 2.45) is 0 Å². The predicted molar refractivity (Wildman–Crippen MR) is 51.4 cm³/mol. The van der Waals surface area contributed by atoms with Gasteiger partial charge in [-0.25, -0.2) is 0 Å². The molecule has 0 saturated heterocycles. The van der Waals surface area contributed by atoms with Gasteiger partial charge in [-0.1, -0.05) is 20.7 Å². The molecule has 2 N–H and O–H groups in total. The van der Waals surface area contributed by atoms with Crippen molar-refractivity contribution < 1.29 is 0 Å². The van der Waals surface area contributed by atoms with Crippen molar-refractivity contribution in [3.63, 3.8) is 0 Å². The Balaban J connectivity index is 2.85. The second kappa shape index (κ2) is 2.15. The average molecular weight is 187 g/mol. The topological polar surface area (TPSA) is 26.0 Å². The van der Waals surface area contributed by atoms with E-state index in [-0.39, 0.29) is 0 Å². The number of nitrogen functional groups attached to an aromatic ring is 1. The molecule has 0 fully saturated rings. The van der Waals surface area contributed by atoms with Crippen LogP contribution in [0.4, 0.5) is 5.69 Å². The van der Waals surface area contributed by atoms with Crippen LogP contribution >= 0.6 is 33.3 Å². The van der Waals surface area contributed by atoms with Crippen LogP contribution < -0.4 is 5.73 Å². The third-order valence-electron chi connectivity index (χ3n) is 1.33. The van der Waals surface area contributed by atoms with E-state index >= 15 is 0 Å². The van der Waals surface area contributed by atoms with Gasteiger partial charge in [-0.05, 0) is 12.1 Å². The second-order valence-corrected chi connectivity index (χ2v) is 4.63. The third kappa shape index (κ3) is 0.761. The molecule has 0 amide bonds. The second-order valence-electron chi connectivity index (χ2n) is 2.00. The van der Waals surface area contributed by atoms with E-state index in [0.717, 1.165) is 10.6 Å². The van der Waals surface area contributed by atoms with Gasteiger partial charge in [0, 0.05) is 4.90 Å². The van der Waals surface area contributed by atoms with Crippen molar-refractivity contribution in [3.8, 4) is 0 Å². The van der Waals surface area contributed by atoms with Gasteiger partial charge in [-0.3, -0.25) is 0 Å². The van der Waals surface area contributed by atoms with Crippen LogP contribution in [0.2, 0.25) is 0 Å². The Kier molecular flexibility index (Phi) is 1.40. The first-order chi connectivity index (χ1) is 4.79. The Bertz CT molecular complexity index is 325. The number of rotatable bonds is 0. The molecule has 0 aliphatic carbocycles. The Morgan fingerprint density at radius 2 is 1.90 bits per heavy atom.